The molecule has 84 valence electrons. The summed E-state index contributed by atoms with van der Waals surface area (Å²) in [4.78, 5) is 0. The second-order valence-corrected chi connectivity index (χ2v) is 5.28. The Morgan fingerprint density at radius 1 is 1.21 bits per heavy atom. The van der Waals surface area contributed by atoms with Crippen molar-refractivity contribution in [2.24, 2.45) is 17.6 Å². The lowest BCUT2D eigenvalue weighted by atomic mass is 9.76. The minimum absolute atomic E-state index is 0.161. The second-order valence-electron chi connectivity index (χ2n) is 5.28. The fourth-order valence-electron chi connectivity index (χ4n) is 3.07. The van der Waals surface area contributed by atoms with Crippen LogP contribution in [0.5, 0.6) is 0 Å². The summed E-state index contributed by atoms with van der Waals surface area (Å²) in [5, 5.41) is 0. The average Bonchev–Trinajstić information content (AvgIpc) is 2.32. The molecule has 2 unspecified atom stereocenters. The van der Waals surface area contributed by atoms with Crippen LogP contribution in [0.2, 0.25) is 0 Å². The van der Waals surface area contributed by atoms with Gasteiger partial charge in [0.15, 0.2) is 0 Å². The van der Waals surface area contributed by atoms with Gasteiger partial charge in [-0.25, -0.2) is 0 Å². The minimum atomic E-state index is 0.161. The third-order valence-electron chi connectivity index (χ3n) is 4.24. The van der Waals surface area contributed by atoms with Crippen molar-refractivity contribution in [1.82, 2.24) is 0 Å². The van der Waals surface area contributed by atoms with Crippen LogP contribution in [0.1, 0.15) is 65.7 Å². The van der Waals surface area contributed by atoms with Gasteiger partial charge >= 0.3 is 0 Å². The van der Waals surface area contributed by atoms with E-state index in [1.807, 2.05) is 0 Å². The molecular weight excluding hydrogens is 170 g/mol. The summed E-state index contributed by atoms with van der Waals surface area (Å²) in [5.74, 6) is 1.64. The van der Waals surface area contributed by atoms with Crippen molar-refractivity contribution < 1.29 is 0 Å². The van der Waals surface area contributed by atoms with E-state index in [9.17, 15) is 0 Å². The highest BCUT2D eigenvalue weighted by Gasteiger charge is 2.33. The van der Waals surface area contributed by atoms with E-state index in [2.05, 4.69) is 20.8 Å². The third kappa shape index (κ3) is 2.73. The molecule has 0 aromatic heterocycles. The van der Waals surface area contributed by atoms with Crippen LogP contribution in [0.15, 0.2) is 0 Å². The maximum Gasteiger partial charge on any atom is 0.0182 e. The fraction of sp³-hybridized carbons (Fsp3) is 1.00. The van der Waals surface area contributed by atoms with Crippen molar-refractivity contribution in [2.45, 2.75) is 71.3 Å². The maximum atomic E-state index is 6.59. The lowest BCUT2D eigenvalue weighted by Gasteiger charge is -2.36. The summed E-state index contributed by atoms with van der Waals surface area (Å²) in [6.45, 7) is 6.95. The fourth-order valence-corrected chi connectivity index (χ4v) is 3.07. The zero-order valence-electron chi connectivity index (χ0n) is 10.2. The van der Waals surface area contributed by atoms with Gasteiger partial charge in [-0.05, 0) is 31.1 Å². The zero-order valence-corrected chi connectivity index (χ0v) is 10.2. The van der Waals surface area contributed by atoms with Crippen molar-refractivity contribution in [1.29, 1.82) is 0 Å². The highest BCUT2D eigenvalue weighted by molar-refractivity contribution is 4.92. The van der Waals surface area contributed by atoms with Crippen LogP contribution in [0.25, 0.3) is 0 Å². The quantitative estimate of drug-likeness (QED) is 0.686. The molecule has 0 saturated heterocycles. The molecule has 1 saturated carbocycles. The number of hydrogen-bond acceptors (Lipinski definition) is 1. The molecule has 0 bridgehead atoms. The monoisotopic (exact) mass is 197 g/mol. The molecule has 1 heteroatoms. The lowest BCUT2D eigenvalue weighted by molar-refractivity contribution is 0.222. The SMILES string of the molecule is CCC(CC)C1(N)CCCC(C)CC1. The van der Waals surface area contributed by atoms with Gasteiger partial charge in [-0.1, -0.05) is 46.5 Å². The number of nitrogens with two attached hydrogens (primary N) is 1. The molecule has 1 nitrogen and oxygen atoms in total. The molecule has 0 amide bonds. The first kappa shape index (κ1) is 12.0. The molecule has 0 heterocycles. The van der Waals surface area contributed by atoms with E-state index in [0.717, 1.165) is 11.8 Å². The normalized spacial score (nSPS) is 34.5. The van der Waals surface area contributed by atoms with Gasteiger partial charge in [0.25, 0.3) is 0 Å². The first-order valence-corrected chi connectivity index (χ1v) is 6.41. The van der Waals surface area contributed by atoms with E-state index in [1.54, 1.807) is 0 Å². The number of rotatable bonds is 3. The van der Waals surface area contributed by atoms with Crippen LogP contribution in [-0.4, -0.2) is 5.54 Å². The standard InChI is InChI=1S/C13H27N/c1-4-12(5-2)13(14)9-6-7-11(3)8-10-13/h11-12H,4-10,14H2,1-3H3. The summed E-state index contributed by atoms with van der Waals surface area (Å²) >= 11 is 0. The maximum absolute atomic E-state index is 6.59. The van der Waals surface area contributed by atoms with Gasteiger partial charge in [0.05, 0.1) is 0 Å². The molecule has 0 aliphatic heterocycles. The summed E-state index contributed by atoms with van der Waals surface area (Å²) in [6.07, 6.45) is 9.08. The van der Waals surface area contributed by atoms with Gasteiger partial charge in [0.2, 0.25) is 0 Å². The Kier molecular flexibility index (Phi) is 4.43. The smallest absolute Gasteiger partial charge is 0.0182 e. The summed E-state index contributed by atoms with van der Waals surface area (Å²) in [7, 11) is 0. The van der Waals surface area contributed by atoms with Crippen molar-refractivity contribution in [2.75, 3.05) is 0 Å². The Hall–Kier alpha value is -0.0400. The molecule has 0 spiro atoms. The zero-order chi connectivity index (χ0) is 10.6. The van der Waals surface area contributed by atoms with Crippen LogP contribution in [0.3, 0.4) is 0 Å². The second kappa shape index (κ2) is 5.16. The van der Waals surface area contributed by atoms with Crippen LogP contribution in [-0.2, 0) is 0 Å². The topological polar surface area (TPSA) is 26.0 Å². The Balaban J connectivity index is 2.61. The van der Waals surface area contributed by atoms with Gasteiger partial charge in [-0.2, -0.15) is 0 Å². The van der Waals surface area contributed by atoms with Crippen molar-refractivity contribution in [3.05, 3.63) is 0 Å². The van der Waals surface area contributed by atoms with Gasteiger partial charge < -0.3 is 5.73 Å². The summed E-state index contributed by atoms with van der Waals surface area (Å²) in [5.41, 5.74) is 6.75. The van der Waals surface area contributed by atoms with E-state index < -0.39 is 0 Å². The molecule has 0 aromatic carbocycles. The van der Waals surface area contributed by atoms with Crippen LogP contribution in [0, 0.1) is 11.8 Å². The highest BCUT2D eigenvalue weighted by atomic mass is 14.8. The van der Waals surface area contributed by atoms with Crippen molar-refractivity contribution in [3.63, 3.8) is 0 Å². The molecule has 0 aromatic rings. The van der Waals surface area contributed by atoms with E-state index in [0.29, 0.717) is 0 Å². The molecular formula is C13H27N. The van der Waals surface area contributed by atoms with Crippen molar-refractivity contribution in [3.8, 4) is 0 Å². The van der Waals surface area contributed by atoms with E-state index in [-0.39, 0.29) is 5.54 Å². The minimum Gasteiger partial charge on any atom is -0.325 e. The van der Waals surface area contributed by atoms with Gasteiger partial charge in [-0.15, -0.1) is 0 Å². The third-order valence-corrected chi connectivity index (χ3v) is 4.24. The first-order valence-electron chi connectivity index (χ1n) is 6.41. The molecule has 1 fully saturated rings. The van der Waals surface area contributed by atoms with Crippen LogP contribution < -0.4 is 5.73 Å². The molecule has 14 heavy (non-hydrogen) atoms. The molecule has 1 aliphatic rings. The van der Waals surface area contributed by atoms with Gasteiger partial charge in [0, 0.05) is 5.54 Å². The molecule has 1 aliphatic carbocycles. The molecule has 2 atom stereocenters. The number of hydrogen-bond donors (Lipinski definition) is 1. The first-order chi connectivity index (χ1) is 6.62. The lowest BCUT2D eigenvalue weighted by Crippen LogP contribution is -2.46. The van der Waals surface area contributed by atoms with Crippen LogP contribution >= 0.6 is 0 Å². The molecule has 2 N–H and O–H groups in total. The summed E-state index contributed by atoms with van der Waals surface area (Å²) < 4.78 is 0. The van der Waals surface area contributed by atoms with E-state index in [4.69, 9.17) is 5.73 Å². The summed E-state index contributed by atoms with van der Waals surface area (Å²) in [6, 6.07) is 0. The average molecular weight is 197 g/mol. The molecule has 1 rings (SSSR count). The highest BCUT2D eigenvalue weighted by Crippen LogP contribution is 2.36. The Bertz CT molecular complexity index is 163. The van der Waals surface area contributed by atoms with Gasteiger partial charge in [-0.3, -0.25) is 0 Å². The Labute approximate surface area is 89.5 Å². The van der Waals surface area contributed by atoms with Crippen LogP contribution in [0.4, 0.5) is 0 Å². The van der Waals surface area contributed by atoms with E-state index >= 15 is 0 Å². The van der Waals surface area contributed by atoms with E-state index in [1.165, 1.54) is 44.9 Å². The predicted molar refractivity (Wildman–Crippen MR) is 63.2 cm³/mol. The van der Waals surface area contributed by atoms with Gasteiger partial charge in [0.1, 0.15) is 0 Å². The largest absolute Gasteiger partial charge is 0.325 e. The van der Waals surface area contributed by atoms with Crippen molar-refractivity contribution >= 4 is 0 Å². The predicted octanol–water partition coefficient (Wildman–Crippen LogP) is 3.72. The molecule has 0 radical (unpaired) electrons. The Morgan fingerprint density at radius 2 is 1.86 bits per heavy atom. The Morgan fingerprint density at radius 3 is 2.43 bits per heavy atom.